The second-order valence-corrected chi connectivity index (χ2v) is 7.36. The van der Waals surface area contributed by atoms with Crippen LogP contribution in [0.1, 0.15) is 0 Å². The summed E-state index contributed by atoms with van der Waals surface area (Å²) in [5.41, 5.74) is 1.72. The summed E-state index contributed by atoms with van der Waals surface area (Å²) in [7, 11) is 0. The van der Waals surface area contributed by atoms with Gasteiger partial charge in [-0.15, -0.1) is 11.3 Å². The zero-order valence-corrected chi connectivity index (χ0v) is 12.6. The molecule has 0 saturated carbocycles. The van der Waals surface area contributed by atoms with Gasteiger partial charge in [-0.1, -0.05) is 0 Å². The Morgan fingerprint density at radius 3 is 2.50 bits per heavy atom. The highest BCUT2D eigenvalue weighted by Gasteiger charge is 2.13. The first kappa shape index (κ1) is 12.3. The molecule has 0 bridgehead atoms. The summed E-state index contributed by atoms with van der Waals surface area (Å²) in [6.45, 7) is 0. The van der Waals surface area contributed by atoms with Crippen molar-refractivity contribution in [1.29, 1.82) is 0 Å². The molecule has 18 heavy (non-hydrogen) atoms. The highest BCUT2D eigenvalue weighted by atomic mass is 79.9. The number of nitrogens with zero attached hydrogens (tertiary/aromatic N) is 1. The molecule has 2 nitrogen and oxygen atoms in total. The zero-order valence-electron chi connectivity index (χ0n) is 8.60. The molecule has 0 atom stereocenters. The van der Waals surface area contributed by atoms with E-state index >= 15 is 0 Å². The molecule has 2 heterocycles. The Kier molecular flexibility index (Phi) is 2.99. The maximum absolute atomic E-state index is 13.1. The van der Waals surface area contributed by atoms with Crippen LogP contribution in [0.2, 0.25) is 0 Å². The summed E-state index contributed by atoms with van der Waals surface area (Å²) in [5, 5.41) is 0. The van der Waals surface area contributed by atoms with E-state index < -0.39 is 11.6 Å². The Bertz CT molecular complexity index is 712. The number of hydrogen-bond donors (Lipinski definition) is 1. The molecule has 2 aromatic heterocycles. The summed E-state index contributed by atoms with van der Waals surface area (Å²) in [6, 6.07) is 4.08. The number of nitrogens with one attached hydrogen (secondary N) is 1. The molecule has 92 valence electrons. The monoisotopic (exact) mass is 392 g/mol. The van der Waals surface area contributed by atoms with Crippen LogP contribution in [-0.2, 0) is 0 Å². The number of aromatic nitrogens is 2. The van der Waals surface area contributed by atoms with Gasteiger partial charge in [-0.3, -0.25) is 0 Å². The summed E-state index contributed by atoms with van der Waals surface area (Å²) < 4.78 is 28.1. The number of hydrogen-bond acceptors (Lipinski definition) is 2. The van der Waals surface area contributed by atoms with E-state index in [1.165, 1.54) is 11.3 Å². The van der Waals surface area contributed by atoms with Gasteiger partial charge in [0.15, 0.2) is 11.6 Å². The molecule has 0 aliphatic rings. The number of aromatic amines is 1. The van der Waals surface area contributed by atoms with Crippen LogP contribution < -0.4 is 0 Å². The standard InChI is InChI=1S/C11H4Br2F2N2S/c12-9-1-4(10(13)18-9)11-16-7-2-5(14)6(15)3-8(7)17-11/h1-3H,(H,16,17). The van der Waals surface area contributed by atoms with Gasteiger partial charge in [0.1, 0.15) is 5.82 Å². The second kappa shape index (κ2) is 4.40. The zero-order chi connectivity index (χ0) is 12.9. The molecule has 0 unspecified atom stereocenters. The van der Waals surface area contributed by atoms with Crippen molar-refractivity contribution in [3.05, 3.63) is 37.4 Å². The number of benzene rings is 1. The van der Waals surface area contributed by atoms with Crippen molar-refractivity contribution in [2.24, 2.45) is 0 Å². The van der Waals surface area contributed by atoms with Crippen molar-refractivity contribution in [2.75, 3.05) is 0 Å². The molecule has 1 N–H and O–H groups in total. The number of imidazole rings is 1. The van der Waals surface area contributed by atoms with Crippen LogP contribution in [0, 0.1) is 11.6 Å². The van der Waals surface area contributed by atoms with E-state index in [-0.39, 0.29) is 0 Å². The number of thiophene rings is 1. The van der Waals surface area contributed by atoms with Gasteiger partial charge in [0.2, 0.25) is 0 Å². The summed E-state index contributed by atoms with van der Waals surface area (Å²) in [6.07, 6.45) is 0. The Balaban J connectivity index is 2.22. The fourth-order valence-electron chi connectivity index (χ4n) is 1.63. The van der Waals surface area contributed by atoms with Crippen LogP contribution >= 0.6 is 43.2 Å². The molecule has 0 radical (unpaired) electrons. The van der Waals surface area contributed by atoms with Crippen LogP contribution in [0.3, 0.4) is 0 Å². The molecule has 0 aliphatic carbocycles. The molecule has 7 heteroatoms. The molecule has 0 aliphatic heterocycles. The molecular formula is C11H4Br2F2N2S. The fourth-order valence-corrected chi connectivity index (χ4v) is 4.44. The van der Waals surface area contributed by atoms with E-state index in [1.807, 2.05) is 6.07 Å². The molecule has 0 saturated heterocycles. The van der Waals surface area contributed by atoms with Crippen LogP contribution in [0.4, 0.5) is 8.78 Å². The lowest BCUT2D eigenvalue weighted by Crippen LogP contribution is -1.82. The van der Waals surface area contributed by atoms with Crippen LogP contribution in [0.15, 0.2) is 25.8 Å². The average Bonchev–Trinajstić information content (AvgIpc) is 2.82. The van der Waals surface area contributed by atoms with Crippen molar-refractivity contribution in [3.63, 3.8) is 0 Å². The van der Waals surface area contributed by atoms with Gasteiger partial charge >= 0.3 is 0 Å². The van der Waals surface area contributed by atoms with E-state index in [4.69, 9.17) is 0 Å². The lowest BCUT2D eigenvalue weighted by Gasteiger charge is -1.91. The third-order valence-electron chi connectivity index (χ3n) is 2.44. The van der Waals surface area contributed by atoms with Gasteiger partial charge in [0.25, 0.3) is 0 Å². The highest BCUT2D eigenvalue weighted by Crippen LogP contribution is 2.38. The first-order valence-corrected chi connectivity index (χ1v) is 7.25. The molecule has 0 fully saturated rings. The van der Waals surface area contributed by atoms with Gasteiger partial charge < -0.3 is 4.98 Å². The van der Waals surface area contributed by atoms with Crippen LogP contribution in [0.5, 0.6) is 0 Å². The van der Waals surface area contributed by atoms with Crippen molar-refractivity contribution in [1.82, 2.24) is 9.97 Å². The Morgan fingerprint density at radius 1 is 1.11 bits per heavy atom. The van der Waals surface area contributed by atoms with Gasteiger partial charge in [-0.25, -0.2) is 13.8 Å². The third kappa shape index (κ3) is 2.00. The number of halogens is 4. The minimum absolute atomic E-state index is 0.401. The quantitative estimate of drug-likeness (QED) is 0.612. The minimum Gasteiger partial charge on any atom is -0.338 e. The number of rotatable bonds is 1. The molecular weight excluding hydrogens is 390 g/mol. The molecule has 0 spiro atoms. The van der Waals surface area contributed by atoms with E-state index in [0.717, 1.165) is 25.3 Å². The van der Waals surface area contributed by atoms with E-state index in [1.54, 1.807) is 0 Å². The third-order valence-corrected chi connectivity index (χ3v) is 4.78. The first-order chi connectivity index (χ1) is 8.54. The lowest BCUT2D eigenvalue weighted by molar-refractivity contribution is 0.510. The smallest absolute Gasteiger partial charge is 0.161 e. The highest BCUT2D eigenvalue weighted by molar-refractivity contribution is 9.12. The van der Waals surface area contributed by atoms with Crippen molar-refractivity contribution in [3.8, 4) is 11.4 Å². The SMILES string of the molecule is Fc1cc2nc(-c3cc(Br)sc3Br)[nH]c2cc1F. The normalized spacial score (nSPS) is 11.3. The molecule has 3 aromatic rings. The van der Waals surface area contributed by atoms with Crippen LogP contribution in [0.25, 0.3) is 22.4 Å². The van der Waals surface area contributed by atoms with E-state index in [9.17, 15) is 8.78 Å². The van der Waals surface area contributed by atoms with Gasteiger partial charge in [-0.05, 0) is 37.9 Å². The lowest BCUT2D eigenvalue weighted by atomic mass is 10.3. The second-order valence-electron chi connectivity index (χ2n) is 3.61. The molecule has 1 aromatic carbocycles. The summed E-state index contributed by atoms with van der Waals surface area (Å²) >= 11 is 8.30. The molecule has 3 rings (SSSR count). The van der Waals surface area contributed by atoms with Gasteiger partial charge in [0.05, 0.1) is 18.6 Å². The number of H-pyrrole nitrogens is 1. The van der Waals surface area contributed by atoms with Crippen molar-refractivity contribution in [2.45, 2.75) is 0 Å². The maximum Gasteiger partial charge on any atom is 0.161 e. The topological polar surface area (TPSA) is 28.7 Å². The Hall–Kier alpha value is -0.790. The summed E-state index contributed by atoms with van der Waals surface area (Å²) in [5.74, 6) is -1.21. The average molecular weight is 394 g/mol. The van der Waals surface area contributed by atoms with E-state index in [2.05, 4.69) is 41.8 Å². The predicted octanol–water partition coefficient (Wildman–Crippen LogP) is 5.09. The first-order valence-electron chi connectivity index (χ1n) is 4.84. The van der Waals surface area contributed by atoms with Gasteiger partial charge in [-0.2, -0.15) is 0 Å². The molecule has 0 amide bonds. The predicted molar refractivity (Wildman–Crippen MR) is 74.7 cm³/mol. The van der Waals surface area contributed by atoms with Crippen LogP contribution in [-0.4, -0.2) is 9.97 Å². The Morgan fingerprint density at radius 2 is 1.83 bits per heavy atom. The minimum atomic E-state index is -0.897. The summed E-state index contributed by atoms with van der Waals surface area (Å²) in [4.78, 5) is 7.22. The van der Waals surface area contributed by atoms with E-state index in [0.29, 0.717) is 16.9 Å². The Labute approximate surface area is 121 Å². The van der Waals surface area contributed by atoms with Gasteiger partial charge in [0, 0.05) is 17.7 Å². The maximum atomic E-state index is 13.1. The van der Waals surface area contributed by atoms with Crippen molar-refractivity contribution >= 4 is 54.2 Å². The fraction of sp³-hybridized carbons (Fsp3) is 0. The van der Waals surface area contributed by atoms with Crippen molar-refractivity contribution < 1.29 is 8.78 Å². The number of fused-ring (bicyclic) bond motifs is 1. The largest absolute Gasteiger partial charge is 0.338 e.